The van der Waals surface area contributed by atoms with E-state index in [4.69, 9.17) is 9.97 Å². The van der Waals surface area contributed by atoms with Gasteiger partial charge in [0.2, 0.25) is 0 Å². The summed E-state index contributed by atoms with van der Waals surface area (Å²) in [5.41, 5.74) is 6.17. The van der Waals surface area contributed by atoms with Gasteiger partial charge in [0.15, 0.2) is 0 Å². The number of benzene rings is 9. The van der Waals surface area contributed by atoms with Gasteiger partial charge in [-0.05, 0) is 112 Å². The molecule has 2 nitrogen and oxygen atoms in total. The number of nitrogens with zero attached hydrogens (tertiary/aromatic N) is 2. The summed E-state index contributed by atoms with van der Waals surface area (Å²) in [5.74, 6) is 0. The van der Waals surface area contributed by atoms with Crippen molar-refractivity contribution < 1.29 is 0 Å². The average molecular weight is 695 g/mol. The molecule has 0 N–H and O–H groups in total. The van der Waals surface area contributed by atoms with E-state index in [2.05, 4.69) is 146 Å². The third-order valence-corrected chi connectivity index (χ3v) is 13.1. The van der Waals surface area contributed by atoms with Crippen LogP contribution in [0.2, 0.25) is 0 Å². The number of rotatable bonds is 4. The molecule has 3 heterocycles. The number of aromatic nitrogens is 2. The van der Waals surface area contributed by atoms with Crippen molar-refractivity contribution in [3.63, 3.8) is 0 Å². The van der Waals surface area contributed by atoms with Gasteiger partial charge in [-0.3, -0.25) is 0 Å². The largest absolute Gasteiger partial charge is 0.243 e. The SMILES string of the molecule is c1cc2ccc3ccc(-c4ccc(-c5nc6ccccc6nc5-c5ccc(-c6ccc7ccc8cccc9ccc6c7c89)s5)s4)c4ccc(c1)c2c34. The lowest BCUT2D eigenvalue weighted by atomic mass is 9.91. The fourth-order valence-corrected chi connectivity index (χ4v) is 10.5. The Balaban J connectivity index is 1.02. The Bertz CT molecular complexity index is 3110. The molecule has 0 amide bonds. The molecule has 0 aliphatic heterocycles. The van der Waals surface area contributed by atoms with Crippen LogP contribution in [-0.2, 0) is 0 Å². The Hall–Kier alpha value is -6.20. The van der Waals surface area contributed by atoms with Crippen LogP contribution in [0.15, 0.2) is 158 Å². The number of fused-ring (bicyclic) bond motifs is 1. The molecule has 0 fully saturated rings. The van der Waals surface area contributed by atoms with Gasteiger partial charge in [-0.25, -0.2) is 9.97 Å². The molecule has 12 rings (SSSR count). The topological polar surface area (TPSA) is 25.8 Å². The van der Waals surface area contributed by atoms with Crippen LogP contribution < -0.4 is 0 Å². The second-order valence-corrected chi connectivity index (χ2v) is 15.8. The summed E-state index contributed by atoms with van der Waals surface area (Å²) in [6.07, 6.45) is 0. The first kappa shape index (κ1) is 28.5. The molecule has 4 heteroatoms. The predicted octanol–water partition coefficient (Wildman–Crippen LogP) is 14.2. The Kier molecular flexibility index (Phi) is 5.84. The van der Waals surface area contributed by atoms with E-state index in [1.165, 1.54) is 85.5 Å². The zero-order valence-electron chi connectivity index (χ0n) is 27.7. The van der Waals surface area contributed by atoms with Gasteiger partial charge in [-0.1, -0.05) is 121 Å². The third kappa shape index (κ3) is 4.05. The van der Waals surface area contributed by atoms with Crippen molar-refractivity contribution in [1.82, 2.24) is 9.97 Å². The minimum absolute atomic E-state index is 0.905. The Morgan fingerprint density at radius 3 is 1.10 bits per heavy atom. The molecule has 0 bridgehead atoms. The van der Waals surface area contributed by atoms with E-state index in [1.807, 2.05) is 12.1 Å². The second-order valence-electron chi connectivity index (χ2n) is 13.7. The fourth-order valence-electron chi connectivity index (χ4n) is 8.46. The van der Waals surface area contributed by atoms with Crippen molar-refractivity contribution in [2.75, 3.05) is 0 Å². The molecule has 0 aliphatic rings. The molecule has 12 aromatic rings. The zero-order valence-corrected chi connectivity index (χ0v) is 29.4. The Morgan fingerprint density at radius 1 is 0.288 bits per heavy atom. The quantitative estimate of drug-likeness (QED) is 0.171. The minimum atomic E-state index is 0.905. The lowest BCUT2D eigenvalue weighted by molar-refractivity contribution is 1.31. The minimum Gasteiger partial charge on any atom is -0.243 e. The van der Waals surface area contributed by atoms with Crippen LogP contribution in [-0.4, -0.2) is 9.97 Å². The molecule has 3 aromatic heterocycles. The van der Waals surface area contributed by atoms with Crippen molar-refractivity contribution in [3.8, 4) is 42.0 Å². The highest BCUT2D eigenvalue weighted by atomic mass is 32.1. The Labute approximate surface area is 306 Å². The van der Waals surface area contributed by atoms with Crippen molar-refractivity contribution in [3.05, 3.63) is 158 Å². The normalized spacial score (nSPS) is 12.2. The van der Waals surface area contributed by atoms with Gasteiger partial charge < -0.3 is 0 Å². The lowest BCUT2D eigenvalue weighted by Crippen LogP contribution is -1.92. The molecular formula is C48H26N2S2. The average Bonchev–Trinajstić information content (AvgIpc) is 3.90. The summed E-state index contributed by atoms with van der Waals surface area (Å²) in [4.78, 5) is 15.3. The van der Waals surface area contributed by atoms with Gasteiger partial charge in [0.05, 0.1) is 20.8 Å². The predicted molar refractivity (Wildman–Crippen MR) is 224 cm³/mol. The van der Waals surface area contributed by atoms with Crippen LogP contribution in [0.3, 0.4) is 0 Å². The summed E-state index contributed by atoms with van der Waals surface area (Å²) in [6.45, 7) is 0. The fraction of sp³-hybridized carbons (Fsp3) is 0. The molecule has 0 atom stereocenters. The second kappa shape index (κ2) is 10.7. The van der Waals surface area contributed by atoms with Gasteiger partial charge in [0.25, 0.3) is 0 Å². The maximum Gasteiger partial charge on any atom is 0.108 e. The molecule has 0 saturated carbocycles. The van der Waals surface area contributed by atoms with E-state index < -0.39 is 0 Å². The van der Waals surface area contributed by atoms with Crippen molar-refractivity contribution >= 4 is 98.3 Å². The van der Waals surface area contributed by atoms with Crippen LogP contribution >= 0.6 is 22.7 Å². The van der Waals surface area contributed by atoms with Crippen LogP contribution in [0.5, 0.6) is 0 Å². The number of hydrogen-bond acceptors (Lipinski definition) is 4. The van der Waals surface area contributed by atoms with Crippen LogP contribution in [0.25, 0.3) is 118 Å². The molecule has 9 aromatic carbocycles. The van der Waals surface area contributed by atoms with Crippen LogP contribution in [0.4, 0.5) is 0 Å². The molecule has 0 spiro atoms. The molecule has 0 aliphatic carbocycles. The van der Waals surface area contributed by atoms with E-state index in [-0.39, 0.29) is 0 Å². The van der Waals surface area contributed by atoms with Gasteiger partial charge in [-0.2, -0.15) is 0 Å². The lowest BCUT2D eigenvalue weighted by Gasteiger charge is -2.13. The zero-order chi connectivity index (χ0) is 33.9. The van der Waals surface area contributed by atoms with Gasteiger partial charge in [0.1, 0.15) is 11.4 Å². The van der Waals surface area contributed by atoms with Gasteiger partial charge >= 0.3 is 0 Å². The maximum absolute atomic E-state index is 5.30. The smallest absolute Gasteiger partial charge is 0.108 e. The molecule has 0 saturated heterocycles. The van der Waals surface area contributed by atoms with E-state index >= 15 is 0 Å². The first-order chi connectivity index (χ1) is 25.7. The summed E-state index contributed by atoms with van der Waals surface area (Å²) < 4.78 is 0. The standard InChI is InChI=1S/C48H26N2S2/c1-2-10-38-37(9-1)49-47(41-25-23-39(51-41)33-19-15-31-13-11-27-5-3-7-29-17-21-35(33)45(31)43(27)29)48(50-38)42-26-24-40(52-42)34-20-16-32-14-12-28-6-4-8-30-18-22-36(34)46(32)44(28)30/h1-26H. The molecule has 240 valence electrons. The summed E-state index contributed by atoms with van der Waals surface area (Å²) in [5, 5.41) is 15.6. The first-order valence-electron chi connectivity index (χ1n) is 17.6. The molecule has 52 heavy (non-hydrogen) atoms. The molecular weight excluding hydrogens is 669 g/mol. The number of hydrogen-bond donors (Lipinski definition) is 0. The van der Waals surface area contributed by atoms with Crippen LogP contribution in [0, 0.1) is 0 Å². The van der Waals surface area contributed by atoms with E-state index in [0.29, 0.717) is 0 Å². The summed E-state index contributed by atoms with van der Waals surface area (Å²) >= 11 is 3.60. The van der Waals surface area contributed by atoms with Crippen molar-refractivity contribution in [2.24, 2.45) is 0 Å². The summed E-state index contributed by atoms with van der Waals surface area (Å²) in [6, 6.07) is 57.6. The highest BCUT2D eigenvalue weighted by Crippen LogP contribution is 2.46. The number of para-hydroxylation sites is 2. The first-order valence-corrected chi connectivity index (χ1v) is 19.2. The van der Waals surface area contributed by atoms with Crippen molar-refractivity contribution in [2.45, 2.75) is 0 Å². The van der Waals surface area contributed by atoms with Gasteiger partial charge in [0, 0.05) is 9.75 Å². The monoisotopic (exact) mass is 694 g/mol. The van der Waals surface area contributed by atoms with Crippen molar-refractivity contribution in [1.29, 1.82) is 0 Å². The van der Waals surface area contributed by atoms with Crippen LogP contribution in [0.1, 0.15) is 0 Å². The van der Waals surface area contributed by atoms with E-state index in [1.54, 1.807) is 22.7 Å². The van der Waals surface area contributed by atoms with E-state index in [9.17, 15) is 0 Å². The molecule has 0 unspecified atom stereocenters. The third-order valence-electron chi connectivity index (χ3n) is 10.8. The van der Waals surface area contributed by atoms with E-state index in [0.717, 1.165) is 32.2 Å². The maximum atomic E-state index is 5.30. The highest BCUT2D eigenvalue weighted by molar-refractivity contribution is 7.20. The highest BCUT2D eigenvalue weighted by Gasteiger charge is 2.20. The number of thiophene rings is 2. The van der Waals surface area contributed by atoms with Gasteiger partial charge in [-0.15, -0.1) is 22.7 Å². The molecule has 0 radical (unpaired) electrons. The summed E-state index contributed by atoms with van der Waals surface area (Å²) in [7, 11) is 0. The Morgan fingerprint density at radius 2 is 0.654 bits per heavy atom.